The van der Waals surface area contributed by atoms with Gasteiger partial charge in [-0.2, -0.15) is 18.5 Å². The van der Waals surface area contributed by atoms with Gasteiger partial charge in [0.2, 0.25) is 11.9 Å². The minimum atomic E-state index is -4.19. The third-order valence-electron chi connectivity index (χ3n) is 5.32. The van der Waals surface area contributed by atoms with Crippen LogP contribution in [0.1, 0.15) is 24.0 Å². The minimum absolute atomic E-state index is 0.0396. The number of hydrogen-bond donors (Lipinski definition) is 2. The molecule has 9 nitrogen and oxygen atoms in total. The molecule has 3 aromatic rings. The van der Waals surface area contributed by atoms with Crippen LogP contribution in [0.3, 0.4) is 0 Å². The van der Waals surface area contributed by atoms with E-state index in [-0.39, 0.29) is 29.3 Å². The van der Waals surface area contributed by atoms with Crippen LogP contribution in [0.15, 0.2) is 103 Å². The monoisotopic (exact) mass is 600 g/mol. The molecule has 1 atom stereocenters. The number of aliphatic imine (C=N–C) groups is 1. The van der Waals surface area contributed by atoms with Crippen LogP contribution in [0, 0.1) is 0 Å². The predicted octanol–water partition coefficient (Wildman–Crippen LogP) is 4.10. The summed E-state index contributed by atoms with van der Waals surface area (Å²) in [4.78, 5) is 15.6. The zero-order valence-electron chi connectivity index (χ0n) is 19.5. The number of sulfonamides is 1. The van der Waals surface area contributed by atoms with Crippen molar-refractivity contribution >= 4 is 61.1 Å². The Labute approximate surface area is 227 Å². The number of carbonyl (C=O) groups is 1. The predicted molar refractivity (Wildman–Crippen MR) is 148 cm³/mol. The second kappa shape index (κ2) is 11.2. The molecule has 0 saturated heterocycles. The number of halogens is 2. The van der Waals surface area contributed by atoms with Crippen LogP contribution in [-0.4, -0.2) is 43.5 Å². The van der Waals surface area contributed by atoms with E-state index in [2.05, 4.69) is 30.6 Å². The van der Waals surface area contributed by atoms with E-state index in [1.165, 1.54) is 24.1 Å². The fourth-order valence-electron chi connectivity index (χ4n) is 3.66. The Morgan fingerprint density at radius 3 is 2.35 bits per heavy atom. The first kappa shape index (κ1) is 26.5. The first-order valence-electron chi connectivity index (χ1n) is 11.0. The summed E-state index contributed by atoms with van der Waals surface area (Å²) >= 11 is 9.38. The normalized spacial score (nSPS) is 16.5. The number of carbonyl (C=O) groups excluding carboxylic acids is 1. The molecule has 0 aliphatic carbocycles. The number of nitrogens with zero attached hydrogens (tertiary/aromatic N) is 4. The molecule has 0 aromatic heterocycles. The van der Waals surface area contributed by atoms with E-state index in [0.29, 0.717) is 15.2 Å². The number of nitrogens with one attached hydrogen (secondary N) is 1. The largest absolute Gasteiger partial charge is 0.369 e. The molecule has 0 spiro atoms. The number of benzene rings is 3. The van der Waals surface area contributed by atoms with Gasteiger partial charge in [-0.3, -0.25) is 10.1 Å². The van der Waals surface area contributed by atoms with Crippen molar-refractivity contribution in [1.82, 2.24) is 10.3 Å². The van der Waals surface area contributed by atoms with Gasteiger partial charge in [0.1, 0.15) is 0 Å². The van der Waals surface area contributed by atoms with Crippen LogP contribution >= 0.6 is 27.5 Å². The smallest absolute Gasteiger partial charge is 0.285 e. The molecular formula is C25H22BrClN6O3S. The van der Waals surface area contributed by atoms with Crippen LogP contribution < -0.4 is 11.1 Å². The highest BCUT2D eigenvalue weighted by Crippen LogP contribution is 2.30. The summed E-state index contributed by atoms with van der Waals surface area (Å²) in [6, 6.07) is 22.9. The third-order valence-corrected chi connectivity index (χ3v) is 7.38. The molecule has 1 aliphatic rings. The average molecular weight is 602 g/mol. The molecular weight excluding hydrogens is 580 g/mol. The lowest BCUT2D eigenvalue weighted by Gasteiger charge is -2.16. The van der Waals surface area contributed by atoms with Crippen molar-refractivity contribution in [2.24, 2.45) is 20.2 Å². The zero-order valence-corrected chi connectivity index (χ0v) is 22.7. The van der Waals surface area contributed by atoms with Crippen molar-refractivity contribution in [3.05, 3.63) is 99.5 Å². The van der Waals surface area contributed by atoms with E-state index in [4.69, 9.17) is 22.4 Å². The van der Waals surface area contributed by atoms with E-state index >= 15 is 0 Å². The van der Waals surface area contributed by atoms with Crippen molar-refractivity contribution in [2.45, 2.75) is 17.7 Å². The molecule has 3 aromatic carbocycles. The molecule has 1 aliphatic heterocycles. The summed E-state index contributed by atoms with van der Waals surface area (Å²) < 4.78 is 31.0. The maximum Gasteiger partial charge on any atom is 0.285 e. The Kier molecular flexibility index (Phi) is 8.06. The molecule has 3 N–H and O–H groups in total. The third kappa shape index (κ3) is 6.62. The minimum Gasteiger partial charge on any atom is -0.369 e. The van der Waals surface area contributed by atoms with E-state index in [0.717, 1.165) is 11.1 Å². The van der Waals surface area contributed by atoms with Crippen molar-refractivity contribution < 1.29 is 13.2 Å². The van der Waals surface area contributed by atoms with Crippen LogP contribution in [-0.2, 0) is 14.8 Å². The van der Waals surface area contributed by atoms with Crippen LogP contribution in [0.2, 0.25) is 5.02 Å². The Balaban J connectivity index is 1.83. The Bertz CT molecular complexity index is 1490. The highest BCUT2D eigenvalue weighted by Gasteiger charge is 2.32. The lowest BCUT2D eigenvalue weighted by molar-refractivity contribution is -0.117. The van der Waals surface area contributed by atoms with Crippen molar-refractivity contribution in [3.63, 3.8) is 0 Å². The molecule has 1 heterocycles. The number of rotatable bonds is 4. The Hall–Kier alpha value is -3.54. The molecule has 4 rings (SSSR count). The van der Waals surface area contributed by atoms with Gasteiger partial charge in [-0.1, -0.05) is 70.0 Å². The van der Waals surface area contributed by atoms with Gasteiger partial charge >= 0.3 is 0 Å². The molecule has 1 unspecified atom stereocenters. The molecule has 1 amide bonds. The average Bonchev–Trinajstić information content (AvgIpc) is 3.30. The summed E-state index contributed by atoms with van der Waals surface area (Å²) in [5, 5.41) is 8.98. The van der Waals surface area contributed by atoms with Crippen LogP contribution in [0.4, 0.5) is 0 Å². The molecule has 0 fully saturated rings. The maximum atomic E-state index is 13.2. The Morgan fingerprint density at radius 2 is 1.73 bits per heavy atom. The number of hydrazone groups is 1. The van der Waals surface area contributed by atoms with E-state index in [1.807, 2.05) is 42.5 Å². The first-order valence-corrected chi connectivity index (χ1v) is 13.6. The van der Waals surface area contributed by atoms with Gasteiger partial charge in [0.25, 0.3) is 16.0 Å². The van der Waals surface area contributed by atoms with Gasteiger partial charge in [0.15, 0.2) is 0 Å². The lowest BCUT2D eigenvalue weighted by atomic mass is 9.91. The SMILES string of the molecule is CC(=O)N/C(N)=N/C(=N/S(=O)(=O)c1ccc(Br)cc1)N1CC(c2ccccc2)C(c2ccc(Cl)cc2)=N1. The van der Waals surface area contributed by atoms with Gasteiger partial charge in [0, 0.05) is 22.3 Å². The second-order valence-corrected chi connectivity index (χ2v) is 11.0. The van der Waals surface area contributed by atoms with Crippen molar-refractivity contribution in [2.75, 3.05) is 6.54 Å². The summed E-state index contributed by atoms with van der Waals surface area (Å²) in [6.07, 6.45) is 0. The second-order valence-electron chi connectivity index (χ2n) is 8.04. The molecule has 37 heavy (non-hydrogen) atoms. The fraction of sp³-hybridized carbons (Fsp3) is 0.120. The summed E-state index contributed by atoms with van der Waals surface area (Å²) in [7, 11) is -4.19. The van der Waals surface area contributed by atoms with Crippen LogP contribution in [0.5, 0.6) is 0 Å². The summed E-state index contributed by atoms with van der Waals surface area (Å²) in [6.45, 7) is 1.49. The summed E-state index contributed by atoms with van der Waals surface area (Å²) in [5.74, 6) is -1.31. The molecule has 190 valence electrons. The number of guanidine groups is 2. The van der Waals surface area contributed by atoms with Gasteiger partial charge in [-0.25, -0.2) is 5.01 Å². The highest BCUT2D eigenvalue weighted by atomic mass is 79.9. The molecule has 0 saturated carbocycles. The van der Waals surface area contributed by atoms with E-state index in [1.54, 1.807) is 24.3 Å². The lowest BCUT2D eigenvalue weighted by Crippen LogP contribution is -2.37. The van der Waals surface area contributed by atoms with Gasteiger partial charge in [0.05, 0.1) is 17.2 Å². The number of amides is 1. The molecule has 0 radical (unpaired) electrons. The number of hydrogen-bond acceptors (Lipinski definition) is 4. The molecule has 0 bridgehead atoms. The number of nitrogens with two attached hydrogens (primary N) is 1. The Morgan fingerprint density at radius 1 is 1.08 bits per heavy atom. The highest BCUT2D eigenvalue weighted by molar-refractivity contribution is 9.10. The zero-order chi connectivity index (χ0) is 26.6. The van der Waals surface area contributed by atoms with E-state index < -0.39 is 15.9 Å². The fourth-order valence-corrected chi connectivity index (χ4v) is 4.99. The quantitative estimate of drug-likeness (QED) is 0.344. The topological polar surface area (TPSA) is 130 Å². The first-order chi connectivity index (χ1) is 17.6. The molecule has 12 heteroatoms. The van der Waals surface area contributed by atoms with Crippen molar-refractivity contribution in [3.8, 4) is 0 Å². The van der Waals surface area contributed by atoms with Gasteiger partial charge in [-0.15, -0.1) is 4.40 Å². The summed E-state index contributed by atoms with van der Waals surface area (Å²) in [5.41, 5.74) is 8.31. The van der Waals surface area contributed by atoms with Gasteiger partial charge < -0.3 is 5.73 Å². The van der Waals surface area contributed by atoms with Crippen molar-refractivity contribution in [1.29, 1.82) is 0 Å². The van der Waals surface area contributed by atoms with Crippen LogP contribution in [0.25, 0.3) is 0 Å². The maximum absolute atomic E-state index is 13.2. The standard InChI is InChI=1S/C25H22BrClN6O3S/c1-16(34)29-24(28)30-25(32-37(35,36)21-13-9-19(26)10-14-21)33-15-22(17-5-3-2-4-6-17)23(31-33)18-7-11-20(27)12-8-18/h2-14,22H,15H2,1H3,(H3,28,29,30,32,34). The van der Waals surface area contributed by atoms with E-state index in [9.17, 15) is 13.2 Å². The van der Waals surface area contributed by atoms with Gasteiger partial charge in [-0.05, 0) is 47.5 Å².